The topological polar surface area (TPSA) is 97.6 Å². The van der Waals surface area contributed by atoms with E-state index in [1.807, 2.05) is 12.1 Å². The van der Waals surface area contributed by atoms with E-state index < -0.39 is 6.03 Å². The predicted octanol–water partition coefficient (Wildman–Crippen LogP) is 1.81. The molecule has 2 heterocycles. The fourth-order valence-electron chi connectivity index (χ4n) is 3.53. The molecule has 7 heteroatoms. The molecule has 1 aromatic heterocycles. The fourth-order valence-corrected chi connectivity index (χ4v) is 3.53. The third-order valence-corrected chi connectivity index (χ3v) is 4.96. The summed E-state index contributed by atoms with van der Waals surface area (Å²) in [6, 6.07) is 3.30. The molecule has 1 aliphatic heterocycles. The molecule has 0 aromatic carbocycles. The standard InChI is InChI=1S/C18H26N4O3/c19-18(24)22-9-3-4-14(12-22)17(23)21-11-13-7-8-20-16(10-13)25-15-5-1-2-6-15/h7-8,10,14-15H,1-6,9,11-12H2,(H2,19,24)(H,21,23)/t14-/m0/s1. The molecule has 1 saturated carbocycles. The van der Waals surface area contributed by atoms with E-state index in [4.69, 9.17) is 10.5 Å². The Bertz CT molecular complexity index is 616. The number of amides is 3. The van der Waals surface area contributed by atoms with E-state index in [9.17, 15) is 9.59 Å². The number of piperidine rings is 1. The van der Waals surface area contributed by atoms with E-state index >= 15 is 0 Å². The highest BCUT2D eigenvalue weighted by Crippen LogP contribution is 2.23. The maximum Gasteiger partial charge on any atom is 0.314 e. The quantitative estimate of drug-likeness (QED) is 0.849. The van der Waals surface area contributed by atoms with Crippen LogP contribution in [0.15, 0.2) is 18.3 Å². The molecule has 1 aromatic rings. The van der Waals surface area contributed by atoms with Gasteiger partial charge >= 0.3 is 6.03 Å². The molecule has 1 saturated heterocycles. The lowest BCUT2D eigenvalue weighted by atomic mass is 9.97. The van der Waals surface area contributed by atoms with E-state index in [0.29, 0.717) is 25.5 Å². The van der Waals surface area contributed by atoms with Gasteiger partial charge in [-0.15, -0.1) is 0 Å². The Morgan fingerprint density at radius 2 is 2.08 bits per heavy atom. The zero-order valence-electron chi connectivity index (χ0n) is 14.4. The molecule has 3 rings (SSSR count). The number of rotatable bonds is 5. The zero-order chi connectivity index (χ0) is 17.6. The minimum absolute atomic E-state index is 0.0407. The number of carbonyl (C=O) groups is 2. The van der Waals surface area contributed by atoms with Crippen LogP contribution in [0.2, 0.25) is 0 Å². The summed E-state index contributed by atoms with van der Waals surface area (Å²) in [5, 5.41) is 2.95. The third-order valence-electron chi connectivity index (χ3n) is 4.96. The molecule has 1 atom stereocenters. The molecule has 3 N–H and O–H groups in total. The fraction of sp³-hybridized carbons (Fsp3) is 0.611. The number of ether oxygens (including phenoxy) is 1. The maximum atomic E-state index is 12.4. The molecule has 2 fully saturated rings. The van der Waals surface area contributed by atoms with Gasteiger partial charge < -0.3 is 20.7 Å². The number of likely N-dealkylation sites (tertiary alicyclic amines) is 1. The molecule has 1 aliphatic carbocycles. The number of pyridine rings is 1. The highest BCUT2D eigenvalue weighted by molar-refractivity contribution is 5.80. The predicted molar refractivity (Wildman–Crippen MR) is 92.8 cm³/mol. The van der Waals surface area contributed by atoms with Crippen molar-refractivity contribution in [3.63, 3.8) is 0 Å². The van der Waals surface area contributed by atoms with Crippen molar-refractivity contribution in [2.75, 3.05) is 13.1 Å². The van der Waals surface area contributed by atoms with Crippen molar-refractivity contribution in [1.82, 2.24) is 15.2 Å². The van der Waals surface area contributed by atoms with Crippen LogP contribution in [0.25, 0.3) is 0 Å². The Morgan fingerprint density at radius 1 is 1.28 bits per heavy atom. The lowest BCUT2D eigenvalue weighted by Crippen LogP contribution is -2.47. The number of urea groups is 1. The first kappa shape index (κ1) is 17.5. The minimum atomic E-state index is -0.458. The highest BCUT2D eigenvalue weighted by atomic mass is 16.5. The average molecular weight is 346 g/mol. The van der Waals surface area contributed by atoms with Crippen LogP contribution in [0.5, 0.6) is 5.88 Å². The Labute approximate surface area is 147 Å². The molecule has 25 heavy (non-hydrogen) atoms. The van der Waals surface area contributed by atoms with Crippen LogP contribution in [0.1, 0.15) is 44.1 Å². The minimum Gasteiger partial charge on any atom is -0.474 e. The van der Waals surface area contributed by atoms with Gasteiger partial charge in [-0.05, 0) is 50.2 Å². The first-order valence-electron chi connectivity index (χ1n) is 9.05. The molecule has 2 aliphatic rings. The lowest BCUT2D eigenvalue weighted by molar-refractivity contribution is -0.126. The highest BCUT2D eigenvalue weighted by Gasteiger charge is 2.27. The first-order chi connectivity index (χ1) is 12.1. The van der Waals surface area contributed by atoms with Gasteiger partial charge in [-0.25, -0.2) is 9.78 Å². The molecule has 0 unspecified atom stereocenters. The normalized spacial score (nSPS) is 21.1. The summed E-state index contributed by atoms with van der Waals surface area (Å²) in [5.74, 6) is 0.384. The van der Waals surface area contributed by atoms with Crippen molar-refractivity contribution in [2.24, 2.45) is 11.7 Å². The van der Waals surface area contributed by atoms with Crippen molar-refractivity contribution in [3.8, 4) is 5.88 Å². The Hall–Kier alpha value is -2.31. The van der Waals surface area contributed by atoms with Gasteiger partial charge in [0.05, 0.1) is 5.92 Å². The number of carbonyl (C=O) groups excluding carboxylic acids is 2. The van der Waals surface area contributed by atoms with Crippen LogP contribution in [0.4, 0.5) is 4.79 Å². The molecule has 0 spiro atoms. The first-order valence-corrected chi connectivity index (χ1v) is 9.05. The Balaban J connectivity index is 1.50. The summed E-state index contributed by atoms with van der Waals surface area (Å²) in [6.07, 6.45) is 8.15. The maximum absolute atomic E-state index is 12.4. The summed E-state index contributed by atoms with van der Waals surface area (Å²) < 4.78 is 5.90. The van der Waals surface area contributed by atoms with E-state index in [1.165, 1.54) is 17.7 Å². The van der Waals surface area contributed by atoms with Crippen molar-refractivity contribution < 1.29 is 14.3 Å². The van der Waals surface area contributed by atoms with Gasteiger partial charge in [0, 0.05) is 31.9 Å². The van der Waals surface area contributed by atoms with E-state index in [2.05, 4.69) is 10.3 Å². The van der Waals surface area contributed by atoms with E-state index in [-0.39, 0.29) is 17.9 Å². The summed E-state index contributed by atoms with van der Waals surface area (Å²) in [6.45, 7) is 1.45. The second-order valence-corrected chi connectivity index (χ2v) is 6.87. The van der Waals surface area contributed by atoms with Crippen LogP contribution < -0.4 is 15.8 Å². The largest absolute Gasteiger partial charge is 0.474 e. The van der Waals surface area contributed by atoms with Crippen LogP contribution in [0.3, 0.4) is 0 Å². The molecule has 7 nitrogen and oxygen atoms in total. The SMILES string of the molecule is NC(=O)N1CCC[C@H](C(=O)NCc2ccnc(OC3CCCC3)c2)C1. The van der Waals surface area contributed by atoms with Gasteiger partial charge in [-0.2, -0.15) is 0 Å². The number of nitrogens with two attached hydrogens (primary N) is 1. The summed E-state index contributed by atoms with van der Waals surface area (Å²) >= 11 is 0. The molecule has 0 radical (unpaired) electrons. The van der Waals surface area contributed by atoms with Crippen LogP contribution >= 0.6 is 0 Å². The third kappa shape index (κ3) is 4.84. The second kappa shape index (κ2) is 8.18. The molecule has 0 bridgehead atoms. The van der Waals surface area contributed by atoms with Crippen molar-refractivity contribution >= 4 is 11.9 Å². The van der Waals surface area contributed by atoms with Crippen LogP contribution in [-0.2, 0) is 11.3 Å². The van der Waals surface area contributed by atoms with Crippen LogP contribution in [-0.4, -0.2) is 41.0 Å². The summed E-state index contributed by atoms with van der Waals surface area (Å²) in [7, 11) is 0. The number of aromatic nitrogens is 1. The Kier molecular flexibility index (Phi) is 5.73. The number of hydrogen-bond donors (Lipinski definition) is 2. The monoisotopic (exact) mass is 346 g/mol. The number of hydrogen-bond acceptors (Lipinski definition) is 4. The lowest BCUT2D eigenvalue weighted by Gasteiger charge is -2.30. The molecule has 136 valence electrons. The molecule has 3 amide bonds. The van der Waals surface area contributed by atoms with Gasteiger partial charge in [0.25, 0.3) is 0 Å². The van der Waals surface area contributed by atoms with Gasteiger partial charge in [0.15, 0.2) is 0 Å². The van der Waals surface area contributed by atoms with Crippen molar-refractivity contribution in [3.05, 3.63) is 23.9 Å². The van der Waals surface area contributed by atoms with Crippen molar-refractivity contribution in [1.29, 1.82) is 0 Å². The smallest absolute Gasteiger partial charge is 0.314 e. The van der Waals surface area contributed by atoms with E-state index in [0.717, 1.165) is 31.2 Å². The average Bonchev–Trinajstić information content (AvgIpc) is 3.13. The van der Waals surface area contributed by atoms with Gasteiger partial charge in [-0.3, -0.25) is 4.79 Å². The molecular weight excluding hydrogens is 320 g/mol. The number of nitrogens with one attached hydrogen (secondary N) is 1. The summed E-state index contributed by atoms with van der Waals surface area (Å²) in [5.41, 5.74) is 6.27. The summed E-state index contributed by atoms with van der Waals surface area (Å²) in [4.78, 5) is 29.4. The zero-order valence-corrected chi connectivity index (χ0v) is 14.4. The van der Waals surface area contributed by atoms with Crippen molar-refractivity contribution in [2.45, 2.75) is 51.2 Å². The van der Waals surface area contributed by atoms with Gasteiger partial charge in [0.2, 0.25) is 11.8 Å². The number of primary amides is 1. The second-order valence-electron chi connectivity index (χ2n) is 6.87. The van der Waals surface area contributed by atoms with E-state index in [1.54, 1.807) is 6.20 Å². The molecular formula is C18H26N4O3. The Morgan fingerprint density at radius 3 is 2.84 bits per heavy atom. The number of nitrogens with zero attached hydrogens (tertiary/aromatic N) is 2. The van der Waals surface area contributed by atoms with Gasteiger partial charge in [-0.1, -0.05) is 0 Å². The van der Waals surface area contributed by atoms with Crippen LogP contribution in [0, 0.1) is 5.92 Å². The van der Waals surface area contributed by atoms with Gasteiger partial charge in [0.1, 0.15) is 6.10 Å².